The van der Waals surface area contributed by atoms with Crippen LogP contribution in [-0.4, -0.2) is 5.97 Å². The lowest BCUT2D eigenvalue weighted by atomic mass is 9.80. The molecule has 1 aliphatic rings. The highest BCUT2D eigenvalue weighted by Gasteiger charge is 2.27. The number of carbonyl (C=O) groups excluding carboxylic acids is 1. The standard InChI is InChI=1S/C21H32O2/c1-5-6-7-16-8-10-17(11-9-16)20(22)23-19-14-12-18(13-15-19)21(2,3)4/h12-17H,5-11H2,1-4H3. The number of carbonyl (C=O) groups is 1. The van der Waals surface area contributed by atoms with E-state index in [1.54, 1.807) is 0 Å². The highest BCUT2D eigenvalue weighted by atomic mass is 16.5. The van der Waals surface area contributed by atoms with Gasteiger partial charge >= 0.3 is 5.97 Å². The summed E-state index contributed by atoms with van der Waals surface area (Å²) in [5, 5.41) is 0. The molecule has 1 aliphatic carbocycles. The fourth-order valence-corrected chi connectivity index (χ4v) is 3.40. The fraction of sp³-hybridized carbons (Fsp3) is 0.667. The molecule has 2 nitrogen and oxygen atoms in total. The highest BCUT2D eigenvalue weighted by Crippen LogP contribution is 2.33. The molecule has 1 saturated carbocycles. The number of unbranched alkanes of at least 4 members (excludes halogenated alkanes) is 1. The molecular formula is C21H32O2. The van der Waals surface area contributed by atoms with Crippen LogP contribution in [0.3, 0.4) is 0 Å². The number of benzene rings is 1. The van der Waals surface area contributed by atoms with Crippen molar-refractivity contribution in [3.05, 3.63) is 29.8 Å². The van der Waals surface area contributed by atoms with E-state index in [1.165, 1.54) is 37.7 Å². The van der Waals surface area contributed by atoms with E-state index in [1.807, 2.05) is 12.1 Å². The first-order valence-electron chi connectivity index (χ1n) is 9.22. The minimum Gasteiger partial charge on any atom is -0.426 e. The molecule has 0 heterocycles. The molecule has 2 heteroatoms. The molecule has 2 rings (SSSR count). The molecule has 0 aromatic heterocycles. The first-order valence-corrected chi connectivity index (χ1v) is 9.22. The van der Waals surface area contributed by atoms with Crippen LogP contribution >= 0.6 is 0 Å². The number of hydrogen-bond donors (Lipinski definition) is 0. The number of esters is 1. The molecule has 0 N–H and O–H groups in total. The van der Waals surface area contributed by atoms with E-state index in [0.29, 0.717) is 5.75 Å². The van der Waals surface area contributed by atoms with Gasteiger partial charge in [-0.2, -0.15) is 0 Å². The van der Waals surface area contributed by atoms with E-state index in [0.717, 1.165) is 18.8 Å². The van der Waals surface area contributed by atoms with Crippen molar-refractivity contribution in [2.75, 3.05) is 0 Å². The Morgan fingerprint density at radius 3 is 2.22 bits per heavy atom. The fourth-order valence-electron chi connectivity index (χ4n) is 3.40. The van der Waals surface area contributed by atoms with Crippen molar-refractivity contribution in [1.29, 1.82) is 0 Å². The molecule has 0 spiro atoms. The van der Waals surface area contributed by atoms with Crippen molar-refractivity contribution < 1.29 is 9.53 Å². The van der Waals surface area contributed by atoms with E-state index >= 15 is 0 Å². The predicted octanol–water partition coefficient (Wildman–Crippen LogP) is 5.89. The zero-order valence-corrected chi connectivity index (χ0v) is 15.2. The Labute approximate surface area is 141 Å². The lowest BCUT2D eigenvalue weighted by Gasteiger charge is -2.27. The monoisotopic (exact) mass is 316 g/mol. The van der Waals surface area contributed by atoms with Gasteiger partial charge in [-0.15, -0.1) is 0 Å². The Morgan fingerprint density at radius 1 is 1.09 bits per heavy atom. The van der Waals surface area contributed by atoms with E-state index < -0.39 is 0 Å². The maximum atomic E-state index is 12.3. The summed E-state index contributed by atoms with van der Waals surface area (Å²) in [5.74, 6) is 1.55. The smallest absolute Gasteiger partial charge is 0.314 e. The second kappa shape index (κ2) is 7.99. The minimum atomic E-state index is -0.0394. The van der Waals surface area contributed by atoms with E-state index in [4.69, 9.17) is 4.74 Å². The molecule has 0 aliphatic heterocycles. The van der Waals surface area contributed by atoms with Crippen LogP contribution in [0, 0.1) is 11.8 Å². The average molecular weight is 316 g/mol. The lowest BCUT2D eigenvalue weighted by molar-refractivity contribution is -0.140. The van der Waals surface area contributed by atoms with E-state index in [-0.39, 0.29) is 17.3 Å². The van der Waals surface area contributed by atoms with Crippen LogP contribution in [0.1, 0.15) is 78.2 Å². The largest absolute Gasteiger partial charge is 0.426 e. The SMILES string of the molecule is CCCCC1CCC(C(=O)Oc2ccc(C(C)(C)C)cc2)CC1. The summed E-state index contributed by atoms with van der Waals surface area (Å²) < 4.78 is 5.60. The van der Waals surface area contributed by atoms with Crippen molar-refractivity contribution in [3.8, 4) is 5.75 Å². The molecule has 0 atom stereocenters. The summed E-state index contributed by atoms with van der Waals surface area (Å²) in [5.41, 5.74) is 1.38. The molecule has 0 radical (unpaired) electrons. The van der Waals surface area contributed by atoms with Gasteiger partial charge in [-0.05, 0) is 54.7 Å². The first kappa shape index (κ1) is 18.0. The average Bonchev–Trinajstić information content (AvgIpc) is 2.53. The summed E-state index contributed by atoms with van der Waals surface area (Å²) in [6, 6.07) is 7.96. The minimum absolute atomic E-state index is 0.0394. The summed E-state index contributed by atoms with van der Waals surface area (Å²) in [7, 11) is 0. The van der Waals surface area contributed by atoms with E-state index in [2.05, 4.69) is 39.8 Å². The van der Waals surface area contributed by atoms with Crippen molar-refractivity contribution in [2.45, 2.75) is 78.1 Å². The third-order valence-corrected chi connectivity index (χ3v) is 5.08. The van der Waals surface area contributed by atoms with Gasteiger partial charge in [0, 0.05) is 0 Å². The van der Waals surface area contributed by atoms with Gasteiger partial charge in [0.2, 0.25) is 0 Å². The normalized spacial score (nSPS) is 21.9. The summed E-state index contributed by atoms with van der Waals surface area (Å²) >= 11 is 0. The van der Waals surface area contributed by atoms with Gasteiger partial charge in [0.15, 0.2) is 0 Å². The Bertz CT molecular complexity index is 488. The summed E-state index contributed by atoms with van der Waals surface area (Å²) in [6.45, 7) is 8.80. The molecule has 1 aromatic carbocycles. The van der Waals surface area contributed by atoms with Gasteiger partial charge in [-0.3, -0.25) is 4.79 Å². The predicted molar refractivity (Wildman–Crippen MR) is 95.8 cm³/mol. The third kappa shape index (κ3) is 5.37. The summed E-state index contributed by atoms with van der Waals surface area (Å²) in [4.78, 5) is 12.3. The van der Waals surface area contributed by atoms with Crippen molar-refractivity contribution in [3.63, 3.8) is 0 Å². The number of hydrogen-bond acceptors (Lipinski definition) is 2. The maximum absolute atomic E-state index is 12.3. The van der Waals surface area contributed by atoms with Crippen LogP contribution in [0.15, 0.2) is 24.3 Å². The molecule has 0 unspecified atom stereocenters. The van der Waals surface area contributed by atoms with Gasteiger partial charge in [0.05, 0.1) is 5.92 Å². The van der Waals surface area contributed by atoms with Gasteiger partial charge in [0.25, 0.3) is 0 Å². The molecule has 0 bridgehead atoms. The van der Waals surface area contributed by atoms with Gasteiger partial charge < -0.3 is 4.74 Å². The Morgan fingerprint density at radius 2 is 1.70 bits per heavy atom. The Kier molecular flexibility index (Phi) is 6.26. The van der Waals surface area contributed by atoms with Crippen LogP contribution in [0.2, 0.25) is 0 Å². The highest BCUT2D eigenvalue weighted by molar-refractivity contribution is 5.75. The van der Waals surface area contributed by atoms with Crippen molar-refractivity contribution in [2.24, 2.45) is 11.8 Å². The van der Waals surface area contributed by atoms with E-state index in [9.17, 15) is 4.79 Å². The topological polar surface area (TPSA) is 26.3 Å². The second-order valence-electron chi connectivity index (χ2n) is 8.06. The van der Waals surface area contributed by atoms with Crippen molar-refractivity contribution >= 4 is 5.97 Å². The van der Waals surface area contributed by atoms with Crippen LogP contribution in [0.5, 0.6) is 5.75 Å². The van der Waals surface area contributed by atoms with Crippen LogP contribution in [0.4, 0.5) is 0 Å². The Hall–Kier alpha value is -1.31. The first-order chi connectivity index (χ1) is 10.9. The molecule has 1 fully saturated rings. The zero-order chi connectivity index (χ0) is 16.9. The van der Waals surface area contributed by atoms with Gasteiger partial charge in [-0.25, -0.2) is 0 Å². The quantitative estimate of drug-likeness (QED) is 0.500. The molecule has 0 saturated heterocycles. The van der Waals surface area contributed by atoms with Crippen LogP contribution in [-0.2, 0) is 10.2 Å². The molecular weight excluding hydrogens is 284 g/mol. The molecule has 0 amide bonds. The van der Waals surface area contributed by atoms with Gasteiger partial charge in [0.1, 0.15) is 5.75 Å². The zero-order valence-electron chi connectivity index (χ0n) is 15.2. The number of rotatable bonds is 5. The van der Waals surface area contributed by atoms with Crippen LogP contribution < -0.4 is 4.74 Å². The van der Waals surface area contributed by atoms with Crippen LogP contribution in [0.25, 0.3) is 0 Å². The second-order valence-corrected chi connectivity index (χ2v) is 8.06. The molecule has 23 heavy (non-hydrogen) atoms. The van der Waals surface area contributed by atoms with Gasteiger partial charge in [-0.1, -0.05) is 59.1 Å². The number of ether oxygens (including phenoxy) is 1. The Balaban J connectivity index is 1.83. The maximum Gasteiger partial charge on any atom is 0.314 e. The summed E-state index contributed by atoms with van der Waals surface area (Å²) in [6.07, 6.45) is 8.27. The van der Waals surface area contributed by atoms with Crippen molar-refractivity contribution in [1.82, 2.24) is 0 Å². The third-order valence-electron chi connectivity index (χ3n) is 5.08. The molecule has 128 valence electrons. The lowest BCUT2D eigenvalue weighted by Crippen LogP contribution is -2.25. The molecule has 1 aromatic rings.